The second-order valence-corrected chi connectivity index (χ2v) is 11.5. The Bertz CT molecular complexity index is 1430. The Labute approximate surface area is 233 Å². The van der Waals surface area contributed by atoms with Crippen LogP contribution in [0.2, 0.25) is 0 Å². The van der Waals surface area contributed by atoms with E-state index in [2.05, 4.69) is 25.6 Å². The van der Waals surface area contributed by atoms with Crippen LogP contribution in [0.4, 0.5) is 27.7 Å². The number of rotatable bonds is 13. The molecule has 2 heterocycles. The van der Waals surface area contributed by atoms with Crippen LogP contribution in [-0.4, -0.2) is 84.0 Å². The summed E-state index contributed by atoms with van der Waals surface area (Å²) in [5.41, 5.74) is -0.246. The van der Waals surface area contributed by atoms with Gasteiger partial charge in [-0.3, -0.25) is 9.10 Å². The van der Waals surface area contributed by atoms with Gasteiger partial charge in [0.05, 0.1) is 19.5 Å². The van der Waals surface area contributed by atoms with Gasteiger partial charge in [-0.15, -0.1) is 0 Å². The molecule has 0 aliphatic carbocycles. The topological polar surface area (TPSA) is 161 Å². The van der Waals surface area contributed by atoms with Crippen LogP contribution in [-0.2, 0) is 22.2 Å². The van der Waals surface area contributed by atoms with Crippen LogP contribution >= 0.6 is 0 Å². The summed E-state index contributed by atoms with van der Waals surface area (Å²) in [6.07, 6.45) is 3.91. The third kappa shape index (κ3) is 7.83. The summed E-state index contributed by atoms with van der Waals surface area (Å²) in [5, 5.41) is 24.6. The quantitative estimate of drug-likeness (QED) is 0.238. The smallest absolute Gasteiger partial charge is 0.254 e. The number of aliphatic hydroxyl groups is 2. The monoisotopic (exact) mass is 575 g/mol. The average molecular weight is 576 g/mol. The van der Waals surface area contributed by atoms with Gasteiger partial charge in [0.1, 0.15) is 17.3 Å². The van der Waals surface area contributed by atoms with Crippen molar-refractivity contribution in [2.45, 2.75) is 26.1 Å². The number of hydrogen-bond acceptors (Lipinski definition) is 10. The number of carbonyl (C=O) groups is 1. The molecule has 216 valence electrons. The van der Waals surface area contributed by atoms with Gasteiger partial charge in [-0.05, 0) is 38.1 Å². The largest absolute Gasteiger partial charge is 0.395 e. The van der Waals surface area contributed by atoms with E-state index < -0.39 is 15.7 Å². The number of benzene rings is 1. The van der Waals surface area contributed by atoms with Crippen molar-refractivity contribution in [1.29, 1.82) is 0 Å². The molecule has 0 spiro atoms. The van der Waals surface area contributed by atoms with Gasteiger partial charge in [-0.1, -0.05) is 12.1 Å². The van der Waals surface area contributed by atoms with Crippen LogP contribution in [0.25, 0.3) is 0 Å². The van der Waals surface area contributed by atoms with Gasteiger partial charge in [0, 0.05) is 61.5 Å². The molecule has 14 heteroatoms. The normalized spacial score (nSPS) is 11.7. The molecular weight excluding hydrogens is 541 g/mol. The molecule has 0 radical (unpaired) electrons. The third-order valence-electron chi connectivity index (χ3n) is 5.93. The summed E-state index contributed by atoms with van der Waals surface area (Å²) in [6.45, 7) is 2.51. The zero-order valence-electron chi connectivity index (χ0n) is 22.8. The number of halogens is 1. The number of amides is 1. The lowest BCUT2D eigenvalue weighted by molar-refractivity contribution is 0.0685. The molecule has 0 unspecified atom stereocenters. The Kier molecular flexibility index (Phi) is 9.95. The Morgan fingerprint density at radius 1 is 1.10 bits per heavy atom. The van der Waals surface area contributed by atoms with Crippen LogP contribution in [0.3, 0.4) is 0 Å². The number of nitrogens with one attached hydrogen (secondary N) is 2. The number of pyridine rings is 1. The zero-order chi connectivity index (χ0) is 29.5. The van der Waals surface area contributed by atoms with Gasteiger partial charge in [0.25, 0.3) is 5.91 Å². The lowest BCUT2D eigenvalue weighted by atomic mass is 10.0. The van der Waals surface area contributed by atoms with E-state index in [-0.39, 0.29) is 61.9 Å². The first kappa shape index (κ1) is 30.7. The fourth-order valence-corrected chi connectivity index (χ4v) is 4.28. The Morgan fingerprint density at radius 3 is 2.42 bits per heavy atom. The highest BCUT2D eigenvalue weighted by atomic mass is 32.2. The molecule has 1 aromatic carbocycles. The molecule has 2 aromatic heterocycles. The number of sulfonamides is 1. The second kappa shape index (κ2) is 13.0. The third-order valence-corrected chi connectivity index (χ3v) is 7.10. The first-order valence-electron chi connectivity index (χ1n) is 12.4. The molecule has 40 heavy (non-hydrogen) atoms. The predicted octanol–water partition coefficient (Wildman–Crippen LogP) is 2.25. The van der Waals surface area contributed by atoms with Crippen LogP contribution in [0.5, 0.6) is 0 Å². The minimum Gasteiger partial charge on any atom is -0.395 e. The zero-order valence-corrected chi connectivity index (χ0v) is 23.6. The predicted molar refractivity (Wildman–Crippen MR) is 151 cm³/mol. The summed E-state index contributed by atoms with van der Waals surface area (Å²) in [7, 11) is -2.16. The number of hydrogen-bond donors (Lipinski definition) is 4. The lowest BCUT2D eigenvalue weighted by Crippen LogP contribution is -2.35. The molecule has 4 N–H and O–H groups in total. The van der Waals surface area contributed by atoms with E-state index in [4.69, 9.17) is 0 Å². The van der Waals surface area contributed by atoms with Crippen molar-refractivity contribution in [1.82, 2.24) is 19.9 Å². The maximum absolute atomic E-state index is 15.1. The van der Waals surface area contributed by atoms with E-state index in [9.17, 15) is 23.4 Å². The van der Waals surface area contributed by atoms with E-state index in [1.807, 2.05) is 0 Å². The number of anilines is 4. The number of alkyl halides is 1. The van der Waals surface area contributed by atoms with Gasteiger partial charge in [0.2, 0.25) is 16.0 Å². The van der Waals surface area contributed by atoms with Crippen LogP contribution in [0, 0.1) is 0 Å². The SMILES string of the molecule is CN(c1ncccc1CNc1nc(Nc2cccc(C(=O)N(CCO)CCO)c2)ncc1C(C)(C)F)S(C)(=O)=O. The first-order valence-corrected chi connectivity index (χ1v) is 14.3. The first-order chi connectivity index (χ1) is 18.8. The van der Waals surface area contributed by atoms with E-state index in [1.54, 1.807) is 36.4 Å². The molecule has 12 nitrogen and oxygen atoms in total. The summed E-state index contributed by atoms with van der Waals surface area (Å²) < 4.78 is 40.3. The van der Waals surface area contributed by atoms with Gasteiger partial charge in [-0.25, -0.2) is 22.8 Å². The standard InChI is InChI=1S/C26H34FN7O5S/c1-26(2,27)21-17-30-25(31-20-9-5-7-18(15-20)24(37)34(11-13-35)12-14-36)32-22(21)29-16-19-8-6-10-28-23(19)33(3)40(4,38)39/h5-10,15,17,35-36H,11-14,16H2,1-4H3,(H2,29,30,31,32). The summed E-state index contributed by atoms with van der Waals surface area (Å²) in [5.74, 6) is 0.174. The minimum absolute atomic E-state index is 0.0777. The Hall–Kier alpha value is -3.88. The van der Waals surface area contributed by atoms with Gasteiger partial charge >= 0.3 is 0 Å². The maximum Gasteiger partial charge on any atom is 0.254 e. The van der Waals surface area contributed by atoms with Crippen LogP contribution < -0.4 is 14.9 Å². The molecule has 3 rings (SSSR count). The summed E-state index contributed by atoms with van der Waals surface area (Å²) in [6, 6.07) is 9.92. The Balaban J connectivity index is 1.88. The van der Waals surface area contributed by atoms with Gasteiger partial charge in [0.15, 0.2) is 0 Å². The van der Waals surface area contributed by atoms with E-state index >= 15 is 4.39 Å². The molecule has 0 atom stereocenters. The van der Waals surface area contributed by atoms with Crippen molar-refractivity contribution in [3.8, 4) is 0 Å². The summed E-state index contributed by atoms with van der Waals surface area (Å²) in [4.78, 5) is 27.1. The molecule has 3 aromatic rings. The molecule has 0 fully saturated rings. The number of aromatic nitrogens is 3. The molecule has 0 saturated carbocycles. The maximum atomic E-state index is 15.1. The minimum atomic E-state index is -3.56. The lowest BCUT2D eigenvalue weighted by Gasteiger charge is -2.22. The molecule has 0 aliphatic rings. The highest BCUT2D eigenvalue weighted by Gasteiger charge is 2.25. The molecule has 0 aliphatic heterocycles. The fourth-order valence-electron chi connectivity index (χ4n) is 3.80. The second-order valence-electron chi connectivity index (χ2n) is 9.44. The highest BCUT2D eigenvalue weighted by molar-refractivity contribution is 7.92. The Morgan fingerprint density at radius 2 is 1.80 bits per heavy atom. The molecule has 1 amide bonds. The fraction of sp³-hybridized carbons (Fsp3) is 0.385. The van der Waals surface area contributed by atoms with E-state index in [0.717, 1.165) is 10.6 Å². The van der Waals surface area contributed by atoms with Crippen LogP contribution in [0.1, 0.15) is 35.3 Å². The van der Waals surface area contributed by atoms with Crippen molar-refractivity contribution in [3.05, 3.63) is 65.5 Å². The van der Waals surface area contributed by atoms with Gasteiger partial charge < -0.3 is 25.7 Å². The van der Waals surface area contributed by atoms with E-state index in [0.29, 0.717) is 16.8 Å². The number of nitrogens with zero attached hydrogens (tertiary/aromatic N) is 5. The molecule has 0 bridgehead atoms. The van der Waals surface area contributed by atoms with Crippen molar-refractivity contribution >= 4 is 39.2 Å². The number of carbonyl (C=O) groups excluding carboxylic acids is 1. The van der Waals surface area contributed by atoms with Gasteiger partial charge in [-0.2, -0.15) is 4.98 Å². The van der Waals surface area contributed by atoms with Crippen molar-refractivity contribution in [2.24, 2.45) is 0 Å². The van der Waals surface area contributed by atoms with Crippen molar-refractivity contribution in [2.75, 3.05) is 54.5 Å². The van der Waals surface area contributed by atoms with Crippen molar-refractivity contribution in [3.63, 3.8) is 0 Å². The molecule has 0 saturated heterocycles. The van der Waals surface area contributed by atoms with E-state index in [1.165, 1.54) is 38.2 Å². The van der Waals surface area contributed by atoms with Crippen molar-refractivity contribution < 1.29 is 27.8 Å². The highest BCUT2D eigenvalue weighted by Crippen LogP contribution is 2.31. The van der Waals surface area contributed by atoms with Crippen LogP contribution in [0.15, 0.2) is 48.8 Å². The summed E-state index contributed by atoms with van der Waals surface area (Å²) >= 11 is 0. The number of aliphatic hydroxyl groups excluding tert-OH is 2. The molecular formula is C26H34FN7O5S. The average Bonchev–Trinajstić information content (AvgIpc) is 2.90.